The highest BCUT2D eigenvalue weighted by molar-refractivity contribution is 5.91. The maximum atomic E-state index is 13.4. The molecule has 1 atom stereocenters. The first-order chi connectivity index (χ1) is 16.7. The number of anilines is 3. The number of esters is 1. The van der Waals surface area contributed by atoms with Crippen LogP contribution in [0.1, 0.15) is 29.8 Å². The van der Waals surface area contributed by atoms with Crippen molar-refractivity contribution < 1.29 is 22.7 Å². The van der Waals surface area contributed by atoms with Crippen molar-refractivity contribution in [3.05, 3.63) is 71.8 Å². The Morgan fingerprint density at radius 1 is 1.20 bits per heavy atom. The lowest BCUT2D eigenvalue weighted by Gasteiger charge is -2.25. The number of carbonyl (C=O) groups excluding carboxylic acids is 1. The van der Waals surface area contributed by atoms with E-state index in [1.807, 2.05) is 31.2 Å². The summed E-state index contributed by atoms with van der Waals surface area (Å²) >= 11 is 0. The van der Waals surface area contributed by atoms with Crippen LogP contribution in [0.5, 0.6) is 0 Å². The smallest absolute Gasteiger partial charge is 0.409 e. The molecule has 1 aliphatic heterocycles. The van der Waals surface area contributed by atoms with Crippen molar-refractivity contribution in [2.24, 2.45) is 0 Å². The van der Waals surface area contributed by atoms with Gasteiger partial charge in [-0.2, -0.15) is 18.2 Å². The van der Waals surface area contributed by atoms with Crippen molar-refractivity contribution >= 4 is 23.4 Å². The molecule has 0 amide bonds. The number of aromatic nitrogens is 3. The zero-order valence-corrected chi connectivity index (χ0v) is 19.2. The summed E-state index contributed by atoms with van der Waals surface area (Å²) in [6.45, 7) is 5.36. The number of aryl methyl sites for hydroxylation is 1. The molecule has 3 aromatic rings. The Hall–Kier alpha value is -3.99. The molecule has 11 heteroatoms. The molecule has 1 aromatic carbocycles. The van der Waals surface area contributed by atoms with Gasteiger partial charge in [0.1, 0.15) is 6.04 Å². The molecule has 2 aromatic heterocycles. The van der Waals surface area contributed by atoms with E-state index < -0.39 is 18.2 Å². The van der Waals surface area contributed by atoms with Crippen LogP contribution in [0.4, 0.5) is 30.6 Å². The number of benzene rings is 1. The van der Waals surface area contributed by atoms with Gasteiger partial charge in [0.2, 0.25) is 5.95 Å². The van der Waals surface area contributed by atoms with Gasteiger partial charge >= 0.3 is 12.1 Å². The van der Waals surface area contributed by atoms with Gasteiger partial charge in [-0.1, -0.05) is 12.1 Å². The number of halogens is 3. The summed E-state index contributed by atoms with van der Waals surface area (Å²) in [5.41, 5.74) is 5.52. The first-order valence-electron chi connectivity index (χ1n) is 10.8. The molecule has 0 bridgehead atoms. The summed E-state index contributed by atoms with van der Waals surface area (Å²) < 4.78 is 45.3. The van der Waals surface area contributed by atoms with E-state index in [2.05, 4.69) is 25.7 Å². The van der Waals surface area contributed by atoms with Crippen LogP contribution in [-0.4, -0.2) is 39.7 Å². The number of nitrogens with zero attached hydrogens (tertiary/aromatic N) is 4. The Bertz CT molecular complexity index is 1280. The van der Waals surface area contributed by atoms with Gasteiger partial charge in [-0.3, -0.25) is 9.99 Å². The highest BCUT2D eigenvalue weighted by atomic mass is 19.4. The van der Waals surface area contributed by atoms with Crippen molar-refractivity contribution in [2.45, 2.75) is 33.0 Å². The van der Waals surface area contributed by atoms with Gasteiger partial charge in [0.25, 0.3) is 0 Å². The predicted octanol–water partition coefficient (Wildman–Crippen LogP) is 4.93. The van der Waals surface area contributed by atoms with E-state index in [0.29, 0.717) is 16.8 Å². The van der Waals surface area contributed by atoms with Gasteiger partial charge in [0.05, 0.1) is 12.2 Å². The van der Waals surface area contributed by atoms with Crippen LogP contribution in [0.25, 0.3) is 11.1 Å². The summed E-state index contributed by atoms with van der Waals surface area (Å²) in [5, 5.41) is 4.34. The fraction of sp³-hybridized carbons (Fsp3) is 0.250. The molecular formula is C24H23F3N6O2. The number of ether oxygens (including phenoxy) is 1. The largest absolute Gasteiger partial charge is 0.462 e. The number of hydrazine groups is 1. The number of alkyl halides is 3. The summed E-state index contributed by atoms with van der Waals surface area (Å²) in [6.07, 6.45) is 0.899. The van der Waals surface area contributed by atoms with Crippen LogP contribution < -0.4 is 15.8 Å². The molecule has 1 aliphatic rings. The maximum absolute atomic E-state index is 13.4. The zero-order chi connectivity index (χ0) is 25.2. The minimum Gasteiger partial charge on any atom is -0.462 e. The lowest BCUT2D eigenvalue weighted by molar-refractivity contribution is -0.142. The average Bonchev–Trinajstić information content (AvgIpc) is 3.21. The van der Waals surface area contributed by atoms with E-state index >= 15 is 0 Å². The first kappa shape index (κ1) is 24.1. The summed E-state index contributed by atoms with van der Waals surface area (Å²) in [6, 6.07) is 7.18. The van der Waals surface area contributed by atoms with Gasteiger partial charge in [-0.05, 0) is 50.6 Å². The number of nitrogens with one attached hydrogen (secondary N) is 2. The minimum atomic E-state index is -4.49. The molecule has 35 heavy (non-hydrogen) atoms. The number of hydrogen-bond donors (Lipinski definition) is 2. The average molecular weight is 484 g/mol. The Morgan fingerprint density at radius 2 is 2.00 bits per heavy atom. The lowest BCUT2D eigenvalue weighted by atomic mass is 10.1. The van der Waals surface area contributed by atoms with Gasteiger partial charge in [-0.15, -0.1) is 0 Å². The number of carbonyl (C=O) groups is 1. The third-order valence-electron chi connectivity index (χ3n) is 5.20. The zero-order valence-electron chi connectivity index (χ0n) is 19.2. The van der Waals surface area contributed by atoms with Crippen LogP contribution in [0.2, 0.25) is 0 Å². The lowest BCUT2D eigenvalue weighted by Crippen LogP contribution is -2.45. The first-order valence-corrected chi connectivity index (χ1v) is 10.8. The van der Waals surface area contributed by atoms with E-state index in [0.717, 1.165) is 17.3 Å². The molecule has 4 rings (SSSR count). The van der Waals surface area contributed by atoms with Crippen LogP contribution in [-0.2, 0) is 4.74 Å². The van der Waals surface area contributed by atoms with E-state index in [4.69, 9.17) is 4.74 Å². The number of hydrogen-bond acceptors (Lipinski definition) is 8. The van der Waals surface area contributed by atoms with Gasteiger partial charge < -0.3 is 10.1 Å². The predicted molar refractivity (Wildman–Crippen MR) is 125 cm³/mol. The van der Waals surface area contributed by atoms with E-state index in [9.17, 15) is 18.0 Å². The van der Waals surface area contributed by atoms with Crippen molar-refractivity contribution in [1.29, 1.82) is 0 Å². The standard InChI is InChI=1S/C24H23F3N6O2/c1-4-35-22(34)17-10-16(11-28-12-17)19-13-29-23(30-18-7-5-6-14(2)8-18)31-21(19)33-15(3)9-20(32-33)24(25,26)27/h5-13,20,32H,4H2,1-3H3,(H,29,30,31). The number of pyridine rings is 1. The third-order valence-corrected chi connectivity index (χ3v) is 5.20. The highest BCUT2D eigenvalue weighted by Crippen LogP contribution is 2.35. The van der Waals surface area contributed by atoms with Crippen molar-refractivity contribution in [3.8, 4) is 11.1 Å². The molecule has 0 saturated heterocycles. The quantitative estimate of drug-likeness (QED) is 0.476. The SMILES string of the molecule is CCOC(=O)c1cncc(-c2cnc(Nc3cccc(C)c3)nc2N2NC(C(F)(F)F)C=C2C)c1. The third kappa shape index (κ3) is 5.40. The van der Waals surface area contributed by atoms with Crippen LogP contribution in [0, 0.1) is 6.92 Å². The number of allylic oxidation sites excluding steroid dienone is 1. The molecule has 0 aliphatic carbocycles. The van der Waals surface area contributed by atoms with Crippen LogP contribution in [0.15, 0.2) is 60.7 Å². The van der Waals surface area contributed by atoms with Crippen LogP contribution in [0.3, 0.4) is 0 Å². The summed E-state index contributed by atoms with van der Waals surface area (Å²) in [5.74, 6) is -0.207. The molecule has 1 unspecified atom stereocenters. The monoisotopic (exact) mass is 484 g/mol. The van der Waals surface area contributed by atoms with Crippen LogP contribution >= 0.6 is 0 Å². The van der Waals surface area contributed by atoms with Crippen molar-refractivity contribution in [2.75, 3.05) is 16.9 Å². The molecule has 0 spiro atoms. The molecule has 182 valence electrons. The number of rotatable bonds is 6. The molecule has 0 saturated carbocycles. The topological polar surface area (TPSA) is 92.3 Å². The Labute approximate surface area is 199 Å². The van der Waals surface area contributed by atoms with E-state index in [1.165, 1.54) is 29.7 Å². The maximum Gasteiger partial charge on any atom is 0.409 e. The Balaban J connectivity index is 1.77. The normalized spacial score (nSPS) is 15.7. The Kier molecular flexibility index (Phi) is 6.70. The second-order valence-electron chi connectivity index (χ2n) is 7.90. The molecule has 8 nitrogen and oxygen atoms in total. The molecule has 3 heterocycles. The van der Waals surface area contributed by atoms with Crippen molar-refractivity contribution in [3.63, 3.8) is 0 Å². The molecule has 0 radical (unpaired) electrons. The summed E-state index contributed by atoms with van der Waals surface area (Å²) in [7, 11) is 0. The fourth-order valence-corrected chi connectivity index (χ4v) is 3.56. The highest BCUT2D eigenvalue weighted by Gasteiger charge is 2.43. The summed E-state index contributed by atoms with van der Waals surface area (Å²) in [4.78, 5) is 25.2. The van der Waals surface area contributed by atoms with Gasteiger partial charge in [0.15, 0.2) is 5.82 Å². The second kappa shape index (κ2) is 9.71. The molecular weight excluding hydrogens is 461 g/mol. The minimum absolute atomic E-state index is 0.165. The molecule has 0 fully saturated rings. The second-order valence-corrected chi connectivity index (χ2v) is 7.90. The van der Waals surface area contributed by atoms with Crippen molar-refractivity contribution in [1.82, 2.24) is 20.4 Å². The van der Waals surface area contributed by atoms with E-state index in [1.54, 1.807) is 13.8 Å². The van der Waals surface area contributed by atoms with Gasteiger partial charge in [0, 0.05) is 41.1 Å². The van der Waals surface area contributed by atoms with E-state index in [-0.39, 0.29) is 23.9 Å². The molecule has 2 N–H and O–H groups in total. The fourth-order valence-electron chi connectivity index (χ4n) is 3.56. The van der Waals surface area contributed by atoms with Gasteiger partial charge in [-0.25, -0.2) is 15.2 Å². The Morgan fingerprint density at radius 3 is 2.69 bits per heavy atom.